The lowest BCUT2D eigenvalue weighted by molar-refractivity contribution is -0.125. The molecule has 3 heterocycles. The quantitative estimate of drug-likeness (QED) is 0.758. The third-order valence-electron chi connectivity index (χ3n) is 6.35. The van der Waals surface area contributed by atoms with Gasteiger partial charge in [-0.1, -0.05) is 0 Å². The van der Waals surface area contributed by atoms with Crippen LogP contribution in [0.5, 0.6) is 11.5 Å². The summed E-state index contributed by atoms with van der Waals surface area (Å²) in [6.45, 7) is 6.61. The summed E-state index contributed by atoms with van der Waals surface area (Å²) in [7, 11) is 3.29. The first-order valence-electron chi connectivity index (χ1n) is 10.9. The first kappa shape index (κ1) is 21.0. The monoisotopic (exact) mass is 414 g/mol. The standard InChI is InChI=1S/C23H34N4O3/c1-23(2,3)26-20(28)13-27-15-6-7-16(27)11-14(10-15)12-19-24-17-8-9-18(29-4)22(30-5)21(17)25-19/h8-9,14-16H,6-7,10-13H2,1-5H3,(H,24,25)(H,26,28)/t14?,15-,16+. The second kappa shape index (κ2) is 8.10. The van der Waals surface area contributed by atoms with Crippen LogP contribution in [0.15, 0.2) is 12.1 Å². The average molecular weight is 415 g/mol. The molecule has 0 spiro atoms. The van der Waals surface area contributed by atoms with Gasteiger partial charge in [-0.3, -0.25) is 9.69 Å². The predicted molar refractivity (Wildman–Crippen MR) is 117 cm³/mol. The largest absolute Gasteiger partial charge is 0.493 e. The zero-order valence-corrected chi connectivity index (χ0v) is 18.7. The minimum atomic E-state index is -0.181. The SMILES string of the molecule is COc1ccc2[nH]c(CC3C[C@H]4CC[C@@H](C3)N4CC(=O)NC(C)(C)C)nc2c1OC. The first-order valence-corrected chi connectivity index (χ1v) is 10.9. The van der Waals surface area contributed by atoms with E-state index in [0.717, 1.165) is 36.1 Å². The summed E-state index contributed by atoms with van der Waals surface area (Å²) in [6.07, 6.45) is 5.55. The summed E-state index contributed by atoms with van der Waals surface area (Å²) in [5.41, 5.74) is 1.62. The average Bonchev–Trinajstić information content (AvgIpc) is 3.16. The number of imidazole rings is 1. The Hall–Kier alpha value is -2.28. The van der Waals surface area contributed by atoms with Crippen molar-refractivity contribution in [3.8, 4) is 11.5 Å². The maximum absolute atomic E-state index is 12.4. The molecule has 0 aliphatic carbocycles. The molecule has 2 saturated heterocycles. The molecule has 2 bridgehead atoms. The van der Waals surface area contributed by atoms with Crippen LogP contribution in [0.4, 0.5) is 0 Å². The molecule has 0 radical (unpaired) electrons. The Morgan fingerprint density at radius 3 is 2.50 bits per heavy atom. The van der Waals surface area contributed by atoms with Crippen LogP contribution in [0.1, 0.15) is 52.3 Å². The normalized spacial score (nSPS) is 24.2. The van der Waals surface area contributed by atoms with Crippen molar-refractivity contribution in [2.75, 3.05) is 20.8 Å². The minimum absolute atomic E-state index is 0.135. The van der Waals surface area contributed by atoms with Crippen LogP contribution in [0, 0.1) is 5.92 Å². The van der Waals surface area contributed by atoms with Gasteiger partial charge in [-0.15, -0.1) is 0 Å². The summed E-state index contributed by atoms with van der Waals surface area (Å²) < 4.78 is 10.9. The molecule has 1 amide bonds. The van der Waals surface area contributed by atoms with Crippen molar-refractivity contribution in [1.82, 2.24) is 20.2 Å². The summed E-state index contributed by atoms with van der Waals surface area (Å²) in [5, 5.41) is 3.10. The van der Waals surface area contributed by atoms with E-state index in [4.69, 9.17) is 14.5 Å². The van der Waals surface area contributed by atoms with Gasteiger partial charge in [-0.2, -0.15) is 0 Å². The van der Waals surface area contributed by atoms with Crippen molar-refractivity contribution >= 4 is 16.9 Å². The van der Waals surface area contributed by atoms with E-state index in [1.165, 1.54) is 12.8 Å². The molecule has 3 atom stereocenters. The highest BCUT2D eigenvalue weighted by Crippen LogP contribution is 2.40. The molecule has 1 aromatic carbocycles. The Bertz CT molecular complexity index is 903. The number of carbonyl (C=O) groups excluding carboxylic acids is 1. The number of nitrogens with one attached hydrogen (secondary N) is 2. The van der Waals surface area contributed by atoms with Gasteiger partial charge >= 0.3 is 0 Å². The second-order valence-corrected chi connectivity index (χ2v) is 9.78. The van der Waals surface area contributed by atoms with Crippen molar-refractivity contribution in [3.63, 3.8) is 0 Å². The Labute approximate surface area is 178 Å². The number of fused-ring (bicyclic) bond motifs is 3. The zero-order chi connectivity index (χ0) is 21.5. The lowest BCUT2D eigenvalue weighted by atomic mass is 9.88. The van der Waals surface area contributed by atoms with E-state index in [9.17, 15) is 4.79 Å². The Morgan fingerprint density at radius 2 is 1.90 bits per heavy atom. The van der Waals surface area contributed by atoms with Crippen LogP contribution in [0.25, 0.3) is 11.0 Å². The number of aromatic amines is 1. The number of nitrogens with zero attached hydrogens (tertiary/aromatic N) is 2. The molecule has 2 aliphatic rings. The van der Waals surface area contributed by atoms with Crippen LogP contribution >= 0.6 is 0 Å². The molecule has 7 heteroatoms. The molecule has 1 unspecified atom stereocenters. The lowest BCUT2D eigenvalue weighted by Gasteiger charge is -2.38. The summed E-state index contributed by atoms with van der Waals surface area (Å²) in [5.74, 6) is 3.09. The maximum atomic E-state index is 12.4. The molecule has 4 rings (SSSR count). The Balaban J connectivity index is 1.42. The Kier molecular flexibility index (Phi) is 5.66. The van der Waals surface area contributed by atoms with Crippen LogP contribution in [0.3, 0.4) is 0 Å². The van der Waals surface area contributed by atoms with Gasteiger partial charge < -0.3 is 19.8 Å². The van der Waals surface area contributed by atoms with Crippen molar-refractivity contribution < 1.29 is 14.3 Å². The Morgan fingerprint density at radius 1 is 1.20 bits per heavy atom. The van der Waals surface area contributed by atoms with E-state index in [1.807, 2.05) is 32.9 Å². The lowest BCUT2D eigenvalue weighted by Crippen LogP contribution is -2.51. The fourth-order valence-corrected chi connectivity index (χ4v) is 5.25. The molecule has 164 valence electrons. The number of hydrogen-bond acceptors (Lipinski definition) is 5. The molecule has 2 N–H and O–H groups in total. The van der Waals surface area contributed by atoms with E-state index >= 15 is 0 Å². The van der Waals surface area contributed by atoms with Gasteiger partial charge in [-0.05, 0) is 64.5 Å². The fraction of sp³-hybridized carbons (Fsp3) is 0.652. The van der Waals surface area contributed by atoms with Crippen molar-refractivity contribution in [2.45, 2.75) is 70.5 Å². The van der Waals surface area contributed by atoms with Crippen LogP contribution < -0.4 is 14.8 Å². The number of amides is 1. The molecular weight excluding hydrogens is 380 g/mol. The van der Waals surface area contributed by atoms with Crippen molar-refractivity contribution in [2.24, 2.45) is 5.92 Å². The molecule has 2 fully saturated rings. The number of H-pyrrole nitrogens is 1. The summed E-state index contributed by atoms with van der Waals surface area (Å²) >= 11 is 0. The van der Waals surface area contributed by atoms with Crippen molar-refractivity contribution in [1.29, 1.82) is 0 Å². The number of rotatable bonds is 6. The van der Waals surface area contributed by atoms with Gasteiger partial charge in [0.25, 0.3) is 0 Å². The van der Waals surface area contributed by atoms with E-state index in [1.54, 1.807) is 14.2 Å². The van der Waals surface area contributed by atoms with Crippen LogP contribution in [-0.2, 0) is 11.2 Å². The van der Waals surface area contributed by atoms with Gasteiger partial charge in [0.1, 0.15) is 11.3 Å². The van der Waals surface area contributed by atoms with Gasteiger partial charge in [0.05, 0.1) is 26.3 Å². The number of carbonyl (C=O) groups is 1. The number of ether oxygens (including phenoxy) is 2. The van der Waals surface area contributed by atoms with Gasteiger partial charge in [0.2, 0.25) is 5.91 Å². The minimum Gasteiger partial charge on any atom is -0.493 e. The number of benzene rings is 1. The molecule has 2 aliphatic heterocycles. The van der Waals surface area contributed by atoms with E-state index in [-0.39, 0.29) is 11.4 Å². The maximum Gasteiger partial charge on any atom is 0.234 e. The van der Waals surface area contributed by atoms with Gasteiger partial charge in [0, 0.05) is 24.0 Å². The van der Waals surface area contributed by atoms with E-state index in [2.05, 4.69) is 15.2 Å². The number of hydrogen-bond donors (Lipinski definition) is 2. The molecule has 0 saturated carbocycles. The highest BCUT2D eigenvalue weighted by atomic mass is 16.5. The number of aromatic nitrogens is 2. The molecule has 30 heavy (non-hydrogen) atoms. The number of piperidine rings is 1. The topological polar surface area (TPSA) is 79.5 Å². The summed E-state index contributed by atoms with van der Waals surface area (Å²) in [4.78, 5) is 23.2. The molecule has 7 nitrogen and oxygen atoms in total. The predicted octanol–water partition coefficient (Wildman–Crippen LogP) is 3.28. The van der Waals surface area contributed by atoms with Crippen LogP contribution in [0.2, 0.25) is 0 Å². The summed E-state index contributed by atoms with van der Waals surface area (Å²) in [6, 6.07) is 4.90. The smallest absolute Gasteiger partial charge is 0.234 e. The highest BCUT2D eigenvalue weighted by Gasteiger charge is 2.41. The third-order valence-corrected chi connectivity index (χ3v) is 6.35. The van der Waals surface area contributed by atoms with E-state index < -0.39 is 0 Å². The highest BCUT2D eigenvalue weighted by molar-refractivity contribution is 5.85. The molecule has 1 aromatic heterocycles. The van der Waals surface area contributed by atoms with Crippen LogP contribution in [-0.4, -0.2) is 59.2 Å². The van der Waals surface area contributed by atoms with E-state index in [0.29, 0.717) is 36.0 Å². The second-order valence-electron chi connectivity index (χ2n) is 9.78. The number of methoxy groups -OCH3 is 2. The third kappa shape index (κ3) is 4.26. The molecule has 2 aromatic rings. The first-order chi connectivity index (χ1) is 14.3. The molecular formula is C23H34N4O3. The fourth-order valence-electron chi connectivity index (χ4n) is 5.25. The zero-order valence-electron chi connectivity index (χ0n) is 18.7. The van der Waals surface area contributed by atoms with Crippen molar-refractivity contribution in [3.05, 3.63) is 18.0 Å². The van der Waals surface area contributed by atoms with Gasteiger partial charge in [0.15, 0.2) is 11.5 Å². The van der Waals surface area contributed by atoms with Gasteiger partial charge in [-0.25, -0.2) is 4.98 Å².